The molecular weight excluding hydrogens is 326 g/mol. The van der Waals surface area contributed by atoms with Crippen molar-refractivity contribution in [2.24, 2.45) is 0 Å². The van der Waals surface area contributed by atoms with E-state index in [0.29, 0.717) is 18.7 Å². The lowest BCUT2D eigenvalue weighted by molar-refractivity contribution is 0.0932. The Hall–Kier alpha value is -1.16. The first-order valence-electron chi connectivity index (χ1n) is 7.39. The maximum Gasteiger partial charge on any atom is 0.0717 e. The molecule has 0 saturated heterocycles. The van der Waals surface area contributed by atoms with Crippen molar-refractivity contribution in [2.45, 2.75) is 32.0 Å². The summed E-state index contributed by atoms with van der Waals surface area (Å²) in [6.07, 6.45) is 1.01. The quantitative estimate of drug-likeness (QED) is 0.894. The lowest BCUT2D eigenvalue weighted by Crippen LogP contribution is -2.41. The summed E-state index contributed by atoms with van der Waals surface area (Å²) in [7, 11) is 0. The van der Waals surface area contributed by atoms with Crippen molar-refractivity contribution in [2.75, 3.05) is 6.61 Å². The van der Waals surface area contributed by atoms with Gasteiger partial charge in [-0.05, 0) is 36.1 Å². The van der Waals surface area contributed by atoms with Crippen LogP contribution in [0.3, 0.4) is 0 Å². The molecule has 1 aliphatic rings. The second kappa shape index (κ2) is 6.73. The molecule has 0 bridgehead atoms. The molecule has 3 heteroatoms. The number of hydrogen-bond donors (Lipinski definition) is 1. The van der Waals surface area contributed by atoms with Crippen molar-refractivity contribution < 1.29 is 4.74 Å². The van der Waals surface area contributed by atoms with Gasteiger partial charge in [0.05, 0.1) is 13.2 Å². The van der Waals surface area contributed by atoms with E-state index in [1.165, 1.54) is 21.2 Å². The van der Waals surface area contributed by atoms with Gasteiger partial charge in [0.15, 0.2) is 0 Å². The maximum atomic E-state index is 5.88. The van der Waals surface area contributed by atoms with Gasteiger partial charge in [-0.2, -0.15) is 0 Å². The van der Waals surface area contributed by atoms with E-state index in [-0.39, 0.29) is 0 Å². The summed E-state index contributed by atoms with van der Waals surface area (Å²) in [5.41, 5.74) is 4.03. The molecule has 0 fully saturated rings. The summed E-state index contributed by atoms with van der Waals surface area (Å²) in [6, 6.07) is 17.5. The number of benzene rings is 2. The van der Waals surface area contributed by atoms with E-state index >= 15 is 0 Å². The van der Waals surface area contributed by atoms with Gasteiger partial charge in [0.2, 0.25) is 0 Å². The molecule has 1 aliphatic heterocycles. The van der Waals surface area contributed by atoms with Gasteiger partial charge in [0.25, 0.3) is 0 Å². The van der Waals surface area contributed by atoms with Crippen LogP contribution < -0.4 is 5.32 Å². The summed E-state index contributed by atoms with van der Waals surface area (Å²) < 4.78 is 7.09. The number of ether oxygens (including phenoxy) is 1. The number of halogens is 1. The van der Waals surface area contributed by atoms with Gasteiger partial charge in [-0.3, -0.25) is 0 Å². The summed E-state index contributed by atoms with van der Waals surface area (Å²) in [5.74, 6) is 0. The van der Waals surface area contributed by atoms with Crippen LogP contribution in [-0.2, 0) is 17.8 Å². The molecule has 0 aromatic heterocycles. The van der Waals surface area contributed by atoms with Crippen LogP contribution in [0.5, 0.6) is 0 Å². The van der Waals surface area contributed by atoms with Gasteiger partial charge >= 0.3 is 0 Å². The molecule has 0 saturated carbocycles. The molecule has 1 heterocycles. The summed E-state index contributed by atoms with van der Waals surface area (Å²) >= 11 is 3.67. The molecule has 110 valence electrons. The highest BCUT2D eigenvalue weighted by molar-refractivity contribution is 9.10. The van der Waals surface area contributed by atoms with E-state index < -0.39 is 0 Å². The highest BCUT2D eigenvalue weighted by Gasteiger charge is 2.24. The topological polar surface area (TPSA) is 21.3 Å². The van der Waals surface area contributed by atoms with Crippen LogP contribution in [0, 0.1) is 0 Å². The van der Waals surface area contributed by atoms with Gasteiger partial charge in [0, 0.05) is 16.6 Å². The van der Waals surface area contributed by atoms with Crippen LogP contribution in [0.4, 0.5) is 0 Å². The number of fused-ring (bicyclic) bond motifs is 1. The van der Waals surface area contributed by atoms with Crippen LogP contribution in [0.1, 0.15) is 29.7 Å². The lowest BCUT2D eigenvalue weighted by atomic mass is 9.91. The highest BCUT2D eigenvalue weighted by Crippen LogP contribution is 2.30. The molecule has 2 aromatic carbocycles. The Labute approximate surface area is 134 Å². The Morgan fingerprint density at radius 2 is 1.95 bits per heavy atom. The second-order valence-electron chi connectivity index (χ2n) is 5.60. The number of nitrogens with one attached hydrogen (secondary N) is 1. The fraction of sp³-hybridized carbons (Fsp3) is 0.333. The molecule has 0 amide bonds. The minimum atomic E-state index is 0.370. The normalized spacial score (nSPS) is 21.0. The third-order valence-electron chi connectivity index (χ3n) is 3.99. The van der Waals surface area contributed by atoms with Gasteiger partial charge in [-0.25, -0.2) is 0 Å². The smallest absolute Gasteiger partial charge is 0.0717 e. The molecule has 3 rings (SSSR count). The number of hydrogen-bond acceptors (Lipinski definition) is 2. The Morgan fingerprint density at radius 1 is 1.14 bits per heavy atom. The average molecular weight is 346 g/mol. The first-order valence-corrected chi connectivity index (χ1v) is 8.18. The zero-order valence-corrected chi connectivity index (χ0v) is 13.8. The zero-order chi connectivity index (χ0) is 14.7. The Morgan fingerprint density at radius 3 is 2.76 bits per heavy atom. The Bertz CT molecular complexity index is 599. The van der Waals surface area contributed by atoms with E-state index in [4.69, 9.17) is 4.74 Å². The SMILES string of the molecule is C[C@@H]1NC(COCc2ccccc2)Cc2c(Br)cccc21. The van der Waals surface area contributed by atoms with E-state index in [1.807, 2.05) is 18.2 Å². The van der Waals surface area contributed by atoms with E-state index in [0.717, 1.165) is 13.0 Å². The van der Waals surface area contributed by atoms with Crippen LogP contribution >= 0.6 is 15.9 Å². The summed E-state index contributed by atoms with van der Waals surface area (Å²) in [6.45, 7) is 3.63. The molecule has 2 aromatic rings. The van der Waals surface area contributed by atoms with Crippen molar-refractivity contribution in [3.8, 4) is 0 Å². The molecule has 1 N–H and O–H groups in total. The zero-order valence-electron chi connectivity index (χ0n) is 12.2. The van der Waals surface area contributed by atoms with Crippen LogP contribution in [0.25, 0.3) is 0 Å². The standard InChI is InChI=1S/C18H20BrNO/c1-13-16-8-5-9-18(19)17(16)10-15(20-13)12-21-11-14-6-3-2-4-7-14/h2-9,13,15,20H,10-12H2,1H3/t13-,15?/m0/s1. The van der Waals surface area contributed by atoms with Crippen molar-refractivity contribution >= 4 is 15.9 Å². The van der Waals surface area contributed by atoms with Crippen LogP contribution in [0.2, 0.25) is 0 Å². The van der Waals surface area contributed by atoms with E-state index in [2.05, 4.69) is 58.5 Å². The van der Waals surface area contributed by atoms with Crippen molar-refractivity contribution in [3.05, 3.63) is 69.7 Å². The minimum absolute atomic E-state index is 0.370. The monoisotopic (exact) mass is 345 g/mol. The predicted octanol–water partition coefficient (Wildman–Crippen LogP) is 4.24. The molecule has 1 unspecified atom stereocenters. The minimum Gasteiger partial charge on any atom is -0.375 e. The Kier molecular flexibility index (Phi) is 4.73. The number of rotatable bonds is 4. The average Bonchev–Trinajstić information content (AvgIpc) is 2.50. The van der Waals surface area contributed by atoms with Crippen molar-refractivity contribution in [1.29, 1.82) is 0 Å². The van der Waals surface area contributed by atoms with Gasteiger partial charge in [0.1, 0.15) is 0 Å². The van der Waals surface area contributed by atoms with Gasteiger partial charge in [-0.1, -0.05) is 58.4 Å². The largest absolute Gasteiger partial charge is 0.375 e. The van der Waals surface area contributed by atoms with Gasteiger partial charge in [-0.15, -0.1) is 0 Å². The third-order valence-corrected chi connectivity index (χ3v) is 4.73. The molecule has 0 radical (unpaired) electrons. The molecular formula is C18H20BrNO. The lowest BCUT2D eigenvalue weighted by Gasteiger charge is -2.32. The first kappa shape index (κ1) is 14.8. The predicted molar refractivity (Wildman–Crippen MR) is 89.3 cm³/mol. The van der Waals surface area contributed by atoms with E-state index in [9.17, 15) is 0 Å². The Balaban J connectivity index is 1.60. The fourth-order valence-corrected chi connectivity index (χ4v) is 3.49. The molecule has 2 atom stereocenters. The molecule has 0 spiro atoms. The van der Waals surface area contributed by atoms with Gasteiger partial charge < -0.3 is 10.1 Å². The molecule has 0 aliphatic carbocycles. The summed E-state index contributed by atoms with van der Waals surface area (Å²) in [5, 5.41) is 3.64. The van der Waals surface area contributed by atoms with Crippen LogP contribution in [-0.4, -0.2) is 12.6 Å². The molecule has 2 nitrogen and oxygen atoms in total. The highest BCUT2D eigenvalue weighted by atomic mass is 79.9. The second-order valence-corrected chi connectivity index (χ2v) is 6.45. The molecule has 21 heavy (non-hydrogen) atoms. The van der Waals surface area contributed by atoms with Crippen molar-refractivity contribution in [3.63, 3.8) is 0 Å². The fourth-order valence-electron chi connectivity index (χ4n) is 2.95. The first-order chi connectivity index (χ1) is 10.2. The third kappa shape index (κ3) is 3.54. The van der Waals surface area contributed by atoms with E-state index in [1.54, 1.807) is 0 Å². The summed E-state index contributed by atoms with van der Waals surface area (Å²) in [4.78, 5) is 0. The maximum absolute atomic E-state index is 5.88. The van der Waals surface area contributed by atoms with Crippen LogP contribution in [0.15, 0.2) is 53.0 Å². The van der Waals surface area contributed by atoms with Crippen molar-refractivity contribution in [1.82, 2.24) is 5.32 Å².